The van der Waals surface area contributed by atoms with Crippen LogP contribution in [0.2, 0.25) is 0 Å². The molecule has 1 amide bonds. The Morgan fingerprint density at radius 3 is 2.63 bits per heavy atom. The van der Waals surface area contributed by atoms with Crippen molar-refractivity contribution in [3.8, 4) is 0 Å². The van der Waals surface area contributed by atoms with Crippen LogP contribution < -0.4 is 5.73 Å². The van der Waals surface area contributed by atoms with Gasteiger partial charge in [0.1, 0.15) is 0 Å². The zero-order valence-electron chi connectivity index (χ0n) is 10.5. The average Bonchev–Trinajstić information content (AvgIpc) is 2.73. The van der Waals surface area contributed by atoms with E-state index < -0.39 is 11.7 Å². The lowest BCUT2D eigenvalue weighted by atomic mass is 10.1. The number of carbonyl (C=O) groups excluding carboxylic acids is 1. The number of carbonyl (C=O) groups is 1. The number of rotatable bonds is 1. The van der Waals surface area contributed by atoms with E-state index in [-0.39, 0.29) is 23.2 Å². The van der Waals surface area contributed by atoms with Crippen molar-refractivity contribution in [1.82, 2.24) is 4.90 Å². The number of anilines is 1. The van der Waals surface area contributed by atoms with Gasteiger partial charge in [-0.05, 0) is 38.0 Å². The Kier molecular flexibility index (Phi) is 3.43. The maximum absolute atomic E-state index is 12.7. The zero-order chi connectivity index (χ0) is 14.2. The van der Waals surface area contributed by atoms with Gasteiger partial charge < -0.3 is 10.6 Å². The van der Waals surface area contributed by atoms with E-state index in [1.165, 1.54) is 6.07 Å². The van der Waals surface area contributed by atoms with Gasteiger partial charge in [0, 0.05) is 23.8 Å². The van der Waals surface area contributed by atoms with Crippen LogP contribution in [-0.4, -0.2) is 23.4 Å². The minimum absolute atomic E-state index is 0.0373. The first-order valence-electron chi connectivity index (χ1n) is 6.08. The van der Waals surface area contributed by atoms with Crippen molar-refractivity contribution in [2.24, 2.45) is 0 Å². The molecule has 0 bridgehead atoms. The highest BCUT2D eigenvalue weighted by Gasteiger charge is 2.34. The van der Waals surface area contributed by atoms with Gasteiger partial charge in [0.05, 0.1) is 5.56 Å². The largest absolute Gasteiger partial charge is 0.418 e. The van der Waals surface area contributed by atoms with E-state index in [1.807, 2.05) is 6.92 Å². The molecule has 1 aromatic carbocycles. The Labute approximate surface area is 109 Å². The monoisotopic (exact) mass is 272 g/mol. The molecule has 104 valence electrons. The number of alkyl halides is 3. The molecule has 0 aromatic heterocycles. The molecule has 1 heterocycles. The molecule has 2 rings (SSSR count). The van der Waals surface area contributed by atoms with Crippen molar-refractivity contribution in [3.63, 3.8) is 0 Å². The predicted octanol–water partition coefficient (Wildman–Crippen LogP) is 2.91. The summed E-state index contributed by atoms with van der Waals surface area (Å²) in [6, 6.07) is 3.39. The molecule has 3 nitrogen and oxygen atoms in total. The Morgan fingerprint density at radius 2 is 2.11 bits per heavy atom. The highest BCUT2D eigenvalue weighted by molar-refractivity contribution is 5.95. The number of likely N-dealkylation sites (tertiary alicyclic amines) is 1. The van der Waals surface area contributed by atoms with E-state index in [4.69, 9.17) is 5.73 Å². The molecule has 0 spiro atoms. The van der Waals surface area contributed by atoms with Crippen LogP contribution in [0.25, 0.3) is 0 Å². The molecular formula is C13H15F3N2O. The highest BCUT2D eigenvalue weighted by atomic mass is 19.4. The zero-order valence-corrected chi connectivity index (χ0v) is 10.5. The fourth-order valence-electron chi connectivity index (χ4n) is 2.34. The lowest BCUT2D eigenvalue weighted by molar-refractivity contribution is -0.136. The van der Waals surface area contributed by atoms with Crippen molar-refractivity contribution >= 4 is 11.6 Å². The quantitative estimate of drug-likeness (QED) is 0.799. The van der Waals surface area contributed by atoms with Gasteiger partial charge in [-0.1, -0.05) is 0 Å². The van der Waals surface area contributed by atoms with E-state index in [0.717, 1.165) is 25.0 Å². The molecule has 1 fully saturated rings. The second-order valence-electron chi connectivity index (χ2n) is 4.79. The first kappa shape index (κ1) is 13.7. The third kappa shape index (κ3) is 2.67. The molecule has 1 saturated heterocycles. The maximum Gasteiger partial charge on any atom is 0.418 e. The summed E-state index contributed by atoms with van der Waals surface area (Å²) in [7, 11) is 0. The topological polar surface area (TPSA) is 46.3 Å². The van der Waals surface area contributed by atoms with Gasteiger partial charge in [-0.2, -0.15) is 13.2 Å². The van der Waals surface area contributed by atoms with Crippen LogP contribution >= 0.6 is 0 Å². The minimum Gasteiger partial charge on any atom is -0.398 e. The molecule has 0 radical (unpaired) electrons. The molecule has 2 N–H and O–H groups in total. The molecule has 0 saturated carbocycles. The number of amides is 1. The fourth-order valence-corrected chi connectivity index (χ4v) is 2.34. The third-order valence-corrected chi connectivity index (χ3v) is 3.42. The van der Waals surface area contributed by atoms with Crippen LogP contribution in [0.3, 0.4) is 0 Å². The summed E-state index contributed by atoms with van der Waals surface area (Å²) in [5, 5.41) is 0. The summed E-state index contributed by atoms with van der Waals surface area (Å²) in [5.41, 5.74) is 4.03. The lowest BCUT2D eigenvalue weighted by Gasteiger charge is -2.22. The van der Waals surface area contributed by atoms with Gasteiger partial charge in [0.15, 0.2) is 0 Å². The number of halogens is 3. The van der Waals surface area contributed by atoms with Crippen molar-refractivity contribution in [1.29, 1.82) is 0 Å². The van der Waals surface area contributed by atoms with Gasteiger partial charge in [-0.15, -0.1) is 0 Å². The average molecular weight is 272 g/mol. The van der Waals surface area contributed by atoms with E-state index in [2.05, 4.69) is 0 Å². The SMILES string of the molecule is CC1CCCN1C(=O)c1ccc(N)c(C(F)(F)F)c1. The third-order valence-electron chi connectivity index (χ3n) is 3.42. The predicted molar refractivity (Wildman–Crippen MR) is 65.6 cm³/mol. The van der Waals surface area contributed by atoms with Gasteiger partial charge >= 0.3 is 6.18 Å². The van der Waals surface area contributed by atoms with E-state index >= 15 is 0 Å². The molecule has 1 unspecified atom stereocenters. The number of hydrogen-bond acceptors (Lipinski definition) is 2. The van der Waals surface area contributed by atoms with Gasteiger partial charge in [-0.3, -0.25) is 4.79 Å². The smallest absolute Gasteiger partial charge is 0.398 e. The number of nitrogens with two attached hydrogens (primary N) is 1. The number of nitrogens with zero attached hydrogens (tertiary/aromatic N) is 1. The summed E-state index contributed by atoms with van der Waals surface area (Å²) in [6.45, 7) is 2.48. The van der Waals surface area contributed by atoms with E-state index in [0.29, 0.717) is 6.54 Å². The van der Waals surface area contributed by atoms with Crippen molar-refractivity contribution in [2.75, 3.05) is 12.3 Å². The molecule has 1 aliphatic rings. The summed E-state index contributed by atoms with van der Waals surface area (Å²) in [5.74, 6) is -0.365. The van der Waals surface area contributed by atoms with Crippen LogP contribution in [-0.2, 0) is 6.18 Å². The van der Waals surface area contributed by atoms with Crippen molar-refractivity contribution in [2.45, 2.75) is 32.0 Å². The first-order valence-corrected chi connectivity index (χ1v) is 6.08. The highest BCUT2D eigenvalue weighted by Crippen LogP contribution is 2.34. The molecule has 19 heavy (non-hydrogen) atoms. The molecule has 1 atom stereocenters. The molecule has 1 aliphatic heterocycles. The van der Waals surface area contributed by atoms with Crippen LogP contribution in [0, 0.1) is 0 Å². The Hall–Kier alpha value is -1.72. The van der Waals surface area contributed by atoms with Crippen LogP contribution in [0.5, 0.6) is 0 Å². The van der Waals surface area contributed by atoms with Crippen molar-refractivity contribution in [3.05, 3.63) is 29.3 Å². The molecule has 0 aliphatic carbocycles. The molecule has 1 aromatic rings. The molecule has 6 heteroatoms. The normalized spacial score (nSPS) is 19.8. The maximum atomic E-state index is 12.7. The summed E-state index contributed by atoms with van der Waals surface area (Å²) >= 11 is 0. The Morgan fingerprint density at radius 1 is 1.42 bits per heavy atom. The van der Waals surface area contributed by atoms with E-state index in [1.54, 1.807) is 4.90 Å². The van der Waals surface area contributed by atoms with Crippen LogP contribution in [0.4, 0.5) is 18.9 Å². The number of benzene rings is 1. The fraction of sp³-hybridized carbons (Fsp3) is 0.462. The summed E-state index contributed by atoms with van der Waals surface area (Å²) < 4.78 is 38.2. The van der Waals surface area contributed by atoms with Crippen LogP contribution in [0.15, 0.2) is 18.2 Å². The standard InChI is InChI=1S/C13H15F3N2O/c1-8-3-2-6-18(8)12(19)9-4-5-11(17)10(7-9)13(14,15)16/h4-5,7-8H,2-3,6,17H2,1H3. The second kappa shape index (κ2) is 4.75. The second-order valence-corrected chi connectivity index (χ2v) is 4.79. The van der Waals surface area contributed by atoms with Gasteiger partial charge in [0.2, 0.25) is 0 Å². The Bertz CT molecular complexity index is 499. The summed E-state index contributed by atoms with van der Waals surface area (Å²) in [6.07, 6.45) is -2.78. The minimum atomic E-state index is -4.54. The van der Waals surface area contributed by atoms with Gasteiger partial charge in [0.25, 0.3) is 5.91 Å². The summed E-state index contributed by atoms with van der Waals surface area (Å²) in [4.78, 5) is 13.8. The van der Waals surface area contributed by atoms with Crippen LogP contribution in [0.1, 0.15) is 35.7 Å². The van der Waals surface area contributed by atoms with Gasteiger partial charge in [-0.25, -0.2) is 0 Å². The van der Waals surface area contributed by atoms with E-state index in [9.17, 15) is 18.0 Å². The van der Waals surface area contributed by atoms with Crippen molar-refractivity contribution < 1.29 is 18.0 Å². The number of hydrogen-bond donors (Lipinski definition) is 1. The Balaban J connectivity index is 2.33. The first-order chi connectivity index (χ1) is 8.80. The lowest BCUT2D eigenvalue weighted by Crippen LogP contribution is -2.33. The number of nitrogen functional groups attached to an aromatic ring is 1. The molecular weight excluding hydrogens is 257 g/mol.